The van der Waals surface area contributed by atoms with E-state index in [0.717, 1.165) is 37.0 Å². The summed E-state index contributed by atoms with van der Waals surface area (Å²) in [6, 6.07) is 6.28. The van der Waals surface area contributed by atoms with Gasteiger partial charge in [-0.1, -0.05) is 6.07 Å². The molecule has 5 heteroatoms. The fraction of sp³-hybridized carbons (Fsp3) is 0.462. The number of benzene rings is 1. The van der Waals surface area contributed by atoms with Gasteiger partial charge in [-0.2, -0.15) is 4.98 Å². The van der Waals surface area contributed by atoms with E-state index < -0.39 is 0 Å². The van der Waals surface area contributed by atoms with Crippen LogP contribution >= 0.6 is 0 Å². The number of fused-ring (bicyclic) bond motifs is 1. The molecule has 2 aromatic rings. The van der Waals surface area contributed by atoms with E-state index in [2.05, 4.69) is 9.88 Å². The lowest BCUT2D eigenvalue weighted by Crippen LogP contribution is -2.36. The molecular weight excluding hydrogens is 230 g/mol. The van der Waals surface area contributed by atoms with Gasteiger partial charge in [0.05, 0.1) is 11.8 Å². The minimum absolute atomic E-state index is 0.357. The topological polar surface area (TPSA) is 64.5 Å². The zero-order valence-electron chi connectivity index (χ0n) is 10.4. The lowest BCUT2D eigenvalue weighted by Gasteiger charge is -2.29. The Morgan fingerprint density at radius 1 is 1.39 bits per heavy atom. The normalized spacial score (nSPS) is 17.5. The summed E-state index contributed by atoms with van der Waals surface area (Å²) in [4.78, 5) is 6.63. The molecule has 1 fully saturated rings. The highest BCUT2D eigenvalue weighted by Crippen LogP contribution is 2.27. The number of methoxy groups -OCH3 is 1. The lowest BCUT2D eigenvalue weighted by molar-refractivity contribution is 0.0811. The number of nitrogens with zero attached hydrogens (tertiary/aromatic N) is 2. The Balaban J connectivity index is 1.85. The first-order valence-corrected chi connectivity index (χ1v) is 6.20. The van der Waals surface area contributed by atoms with Crippen LogP contribution in [0.5, 0.6) is 0 Å². The van der Waals surface area contributed by atoms with Crippen molar-refractivity contribution in [3.63, 3.8) is 0 Å². The monoisotopic (exact) mass is 247 g/mol. The average molecular weight is 247 g/mol. The van der Waals surface area contributed by atoms with Crippen molar-refractivity contribution in [1.82, 2.24) is 4.98 Å². The van der Waals surface area contributed by atoms with Crippen molar-refractivity contribution in [2.45, 2.75) is 18.9 Å². The van der Waals surface area contributed by atoms with Crippen molar-refractivity contribution in [3.05, 3.63) is 18.2 Å². The molecule has 0 atom stereocenters. The maximum atomic E-state index is 5.88. The number of anilines is 2. The predicted molar refractivity (Wildman–Crippen MR) is 70.7 cm³/mol. The number of para-hydroxylation sites is 1. The molecule has 1 aromatic carbocycles. The first kappa shape index (κ1) is 11.3. The number of aromatic nitrogens is 1. The van der Waals surface area contributed by atoms with Crippen molar-refractivity contribution in [2.75, 3.05) is 30.8 Å². The number of nitrogen functional groups attached to an aromatic ring is 1. The molecular formula is C13H17N3O2. The molecule has 1 aliphatic heterocycles. The van der Waals surface area contributed by atoms with Gasteiger partial charge in [-0.3, -0.25) is 0 Å². The molecule has 2 heterocycles. The molecule has 0 unspecified atom stereocenters. The molecule has 0 aliphatic carbocycles. The molecule has 0 amide bonds. The molecule has 1 saturated heterocycles. The van der Waals surface area contributed by atoms with Gasteiger partial charge in [0.1, 0.15) is 5.52 Å². The number of piperidine rings is 1. The Morgan fingerprint density at radius 3 is 2.83 bits per heavy atom. The lowest BCUT2D eigenvalue weighted by atomic mass is 10.1. The highest BCUT2D eigenvalue weighted by molar-refractivity contribution is 5.86. The molecule has 18 heavy (non-hydrogen) atoms. The summed E-state index contributed by atoms with van der Waals surface area (Å²) < 4.78 is 11.1. The SMILES string of the molecule is COC1CCN(c2nc3c(N)cccc3o2)CC1. The van der Waals surface area contributed by atoms with Gasteiger partial charge < -0.3 is 19.8 Å². The number of nitrogens with two attached hydrogens (primary N) is 1. The van der Waals surface area contributed by atoms with Crippen molar-refractivity contribution < 1.29 is 9.15 Å². The Labute approximate surface area is 106 Å². The van der Waals surface area contributed by atoms with Gasteiger partial charge in [0.15, 0.2) is 5.58 Å². The minimum atomic E-state index is 0.357. The van der Waals surface area contributed by atoms with Crippen molar-refractivity contribution >= 4 is 22.8 Å². The second-order valence-corrected chi connectivity index (χ2v) is 4.61. The van der Waals surface area contributed by atoms with Crippen LogP contribution in [-0.4, -0.2) is 31.3 Å². The Kier molecular flexibility index (Phi) is 2.83. The molecule has 2 N–H and O–H groups in total. The van der Waals surface area contributed by atoms with E-state index in [0.29, 0.717) is 17.8 Å². The first-order valence-electron chi connectivity index (χ1n) is 6.20. The molecule has 0 saturated carbocycles. The zero-order valence-corrected chi connectivity index (χ0v) is 10.4. The summed E-state index contributed by atoms with van der Waals surface area (Å²) in [7, 11) is 1.76. The maximum Gasteiger partial charge on any atom is 0.298 e. The molecule has 1 aromatic heterocycles. The fourth-order valence-electron chi connectivity index (χ4n) is 2.38. The number of hydrogen-bond acceptors (Lipinski definition) is 5. The summed E-state index contributed by atoms with van der Waals surface area (Å²) in [6.07, 6.45) is 2.37. The second-order valence-electron chi connectivity index (χ2n) is 4.61. The average Bonchev–Trinajstić information content (AvgIpc) is 2.84. The van der Waals surface area contributed by atoms with Gasteiger partial charge in [0.2, 0.25) is 0 Å². The Bertz CT molecular complexity index is 544. The van der Waals surface area contributed by atoms with E-state index in [9.17, 15) is 0 Å². The second kappa shape index (κ2) is 4.49. The smallest absolute Gasteiger partial charge is 0.298 e. The number of hydrogen-bond donors (Lipinski definition) is 1. The van der Waals surface area contributed by atoms with E-state index >= 15 is 0 Å². The van der Waals surface area contributed by atoms with Crippen molar-refractivity contribution in [2.24, 2.45) is 0 Å². The largest absolute Gasteiger partial charge is 0.423 e. The van der Waals surface area contributed by atoms with E-state index in [-0.39, 0.29) is 0 Å². The van der Waals surface area contributed by atoms with Gasteiger partial charge in [-0.25, -0.2) is 0 Å². The van der Waals surface area contributed by atoms with Crippen LogP contribution in [0.2, 0.25) is 0 Å². The van der Waals surface area contributed by atoms with Gasteiger partial charge in [-0.15, -0.1) is 0 Å². The molecule has 0 spiro atoms. The minimum Gasteiger partial charge on any atom is -0.423 e. The zero-order chi connectivity index (χ0) is 12.5. The summed E-state index contributed by atoms with van der Waals surface area (Å²) in [5.74, 6) is 0. The van der Waals surface area contributed by atoms with Gasteiger partial charge in [-0.05, 0) is 25.0 Å². The summed E-state index contributed by atoms with van der Waals surface area (Å²) in [5, 5.41) is 0. The van der Waals surface area contributed by atoms with Crippen LogP contribution in [0.3, 0.4) is 0 Å². The number of oxazole rings is 1. The van der Waals surface area contributed by atoms with E-state index in [1.807, 2.05) is 18.2 Å². The maximum absolute atomic E-state index is 5.88. The summed E-state index contributed by atoms with van der Waals surface area (Å²) in [6.45, 7) is 1.82. The quantitative estimate of drug-likeness (QED) is 0.822. The third kappa shape index (κ3) is 1.90. The highest BCUT2D eigenvalue weighted by Gasteiger charge is 2.22. The molecule has 96 valence electrons. The fourth-order valence-corrected chi connectivity index (χ4v) is 2.38. The summed E-state index contributed by atoms with van der Waals surface area (Å²) in [5.41, 5.74) is 8.04. The molecule has 5 nitrogen and oxygen atoms in total. The third-order valence-corrected chi connectivity index (χ3v) is 3.48. The van der Waals surface area contributed by atoms with Gasteiger partial charge in [0.25, 0.3) is 6.01 Å². The van der Waals surface area contributed by atoms with Crippen molar-refractivity contribution in [1.29, 1.82) is 0 Å². The molecule has 0 bridgehead atoms. The highest BCUT2D eigenvalue weighted by atomic mass is 16.5. The van der Waals surface area contributed by atoms with Crippen LogP contribution in [0.25, 0.3) is 11.1 Å². The number of ether oxygens (including phenoxy) is 1. The van der Waals surface area contributed by atoms with E-state index in [4.69, 9.17) is 14.9 Å². The van der Waals surface area contributed by atoms with E-state index in [1.54, 1.807) is 7.11 Å². The first-order chi connectivity index (χ1) is 8.78. The van der Waals surface area contributed by atoms with E-state index in [1.165, 1.54) is 0 Å². The Hall–Kier alpha value is -1.75. The summed E-state index contributed by atoms with van der Waals surface area (Å²) >= 11 is 0. The van der Waals surface area contributed by atoms with Crippen LogP contribution in [0.4, 0.5) is 11.7 Å². The van der Waals surface area contributed by atoms with Crippen LogP contribution in [-0.2, 0) is 4.74 Å². The van der Waals surface area contributed by atoms with Crippen molar-refractivity contribution in [3.8, 4) is 0 Å². The predicted octanol–water partition coefficient (Wildman–Crippen LogP) is 2.03. The number of rotatable bonds is 2. The Morgan fingerprint density at radius 2 is 2.17 bits per heavy atom. The standard InChI is InChI=1S/C13H17N3O2/c1-17-9-5-7-16(8-6-9)13-15-12-10(14)3-2-4-11(12)18-13/h2-4,9H,5-8,14H2,1H3. The molecule has 0 radical (unpaired) electrons. The van der Waals surface area contributed by atoms with Gasteiger partial charge >= 0.3 is 0 Å². The van der Waals surface area contributed by atoms with Crippen LogP contribution in [0, 0.1) is 0 Å². The molecule has 3 rings (SSSR count). The van der Waals surface area contributed by atoms with Crippen LogP contribution < -0.4 is 10.6 Å². The van der Waals surface area contributed by atoms with Crippen LogP contribution in [0.15, 0.2) is 22.6 Å². The van der Waals surface area contributed by atoms with Gasteiger partial charge in [0, 0.05) is 20.2 Å². The van der Waals surface area contributed by atoms with Crippen LogP contribution in [0.1, 0.15) is 12.8 Å². The molecule has 1 aliphatic rings. The third-order valence-electron chi connectivity index (χ3n) is 3.48.